The molecular formula is C16H17N3O4. The number of hydrogen-bond donors (Lipinski definition) is 0. The van der Waals surface area contributed by atoms with E-state index in [-0.39, 0.29) is 18.8 Å². The van der Waals surface area contributed by atoms with Crippen molar-refractivity contribution in [2.75, 3.05) is 18.1 Å². The first-order chi connectivity index (χ1) is 11.2. The lowest BCUT2D eigenvalue weighted by molar-refractivity contribution is 0.0520. The Balaban J connectivity index is 2.03. The van der Waals surface area contributed by atoms with E-state index in [0.29, 0.717) is 18.1 Å². The quantitative estimate of drug-likeness (QED) is 0.814. The number of anilines is 1. The van der Waals surface area contributed by atoms with Crippen LogP contribution in [0, 0.1) is 0 Å². The zero-order chi connectivity index (χ0) is 16.4. The Labute approximate surface area is 133 Å². The van der Waals surface area contributed by atoms with E-state index >= 15 is 0 Å². The summed E-state index contributed by atoms with van der Waals surface area (Å²) in [5, 5.41) is 0. The maximum atomic E-state index is 12.2. The fourth-order valence-corrected chi connectivity index (χ4v) is 2.53. The van der Waals surface area contributed by atoms with Crippen molar-refractivity contribution in [2.24, 2.45) is 0 Å². The van der Waals surface area contributed by atoms with Crippen molar-refractivity contribution in [3.63, 3.8) is 0 Å². The Morgan fingerprint density at radius 1 is 1.13 bits per heavy atom. The van der Waals surface area contributed by atoms with Crippen LogP contribution in [0.4, 0.5) is 10.5 Å². The molecule has 0 atom stereocenters. The fourth-order valence-electron chi connectivity index (χ4n) is 2.53. The summed E-state index contributed by atoms with van der Waals surface area (Å²) in [4.78, 5) is 29.9. The van der Waals surface area contributed by atoms with Gasteiger partial charge in [-0.25, -0.2) is 14.6 Å². The normalized spacial score (nSPS) is 12.3. The molecule has 0 N–H and O–H groups in total. The van der Waals surface area contributed by atoms with Gasteiger partial charge < -0.3 is 9.47 Å². The monoisotopic (exact) mass is 315 g/mol. The van der Waals surface area contributed by atoms with Crippen LogP contribution in [0.15, 0.2) is 30.5 Å². The number of nitrogens with zero attached hydrogens (tertiary/aromatic N) is 3. The summed E-state index contributed by atoms with van der Waals surface area (Å²) in [6.07, 6.45) is 1.20. The van der Waals surface area contributed by atoms with Gasteiger partial charge in [0.25, 0.3) is 0 Å². The second-order valence-electron chi connectivity index (χ2n) is 4.91. The summed E-state index contributed by atoms with van der Waals surface area (Å²) in [5.74, 6) is 0.106. The lowest BCUT2D eigenvalue weighted by Gasteiger charge is -2.29. The van der Waals surface area contributed by atoms with E-state index in [1.54, 1.807) is 24.6 Å². The SMILES string of the molecule is CCOC(=O)c1cn2c(n1)CN(C(=O)OCC)c1ccccc1-2. The van der Waals surface area contributed by atoms with Gasteiger partial charge in [-0.2, -0.15) is 0 Å². The van der Waals surface area contributed by atoms with E-state index in [4.69, 9.17) is 9.47 Å². The molecule has 0 radical (unpaired) electrons. The second kappa shape index (κ2) is 6.12. The van der Waals surface area contributed by atoms with Gasteiger partial charge in [-0.3, -0.25) is 9.47 Å². The number of carbonyl (C=O) groups excluding carboxylic acids is 2. The molecule has 2 aromatic rings. The summed E-state index contributed by atoms with van der Waals surface area (Å²) in [6, 6.07) is 7.40. The van der Waals surface area contributed by atoms with Crippen molar-refractivity contribution in [1.82, 2.24) is 9.55 Å². The van der Waals surface area contributed by atoms with Crippen molar-refractivity contribution in [1.29, 1.82) is 0 Å². The van der Waals surface area contributed by atoms with E-state index in [9.17, 15) is 9.59 Å². The number of benzene rings is 1. The molecule has 2 heterocycles. The lowest BCUT2D eigenvalue weighted by Crippen LogP contribution is -2.35. The molecule has 0 spiro atoms. The van der Waals surface area contributed by atoms with Crippen LogP contribution in [-0.2, 0) is 16.0 Å². The van der Waals surface area contributed by atoms with E-state index in [0.717, 1.165) is 5.69 Å². The van der Waals surface area contributed by atoms with Gasteiger partial charge in [-0.15, -0.1) is 0 Å². The molecule has 0 bridgehead atoms. The third kappa shape index (κ3) is 2.65. The molecule has 1 aromatic carbocycles. The number of amides is 1. The number of rotatable bonds is 3. The third-order valence-corrected chi connectivity index (χ3v) is 3.48. The lowest BCUT2D eigenvalue weighted by atomic mass is 10.2. The molecule has 1 aromatic heterocycles. The van der Waals surface area contributed by atoms with Gasteiger partial charge in [-0.1, -0.05) is 12.1 Å². The molecule has 3 rings (SSSR count). The van der Waals surface area contributed by atoms with Gasteiger partial charge in [0.2, 0.25) is 0 Å². The number of esters is 1. The average Bonchev–Trinajstić information content (AvgIpc) is 2.99. The van der Waals surface area contributed by atoms with Crippen molar-refractivity contribution >= 4 is 17.7 Å². The Morgan fingerprint density at radius 2 is 1.83 bits per heavy atom. The first kappa shape index (κ1) is 15.1. The van der Waals surface area contributed by atoms with Crippen LogP contribution >= 0.6 is 0 Å². The number of aromatic nitrogens is 2. The smallest absolute Gasteiger partial charge is 0.414 e. The summed E-state index contributed by atoms with van der Waals surface area (Å²) < 4.78 is 11.9. The molecule has 120 valence electrons. The Hall–Kier alpha value is -2.83. The third-order valence-electron chi connectivity index (χ3n) is 3.48. The molecule has 0 fully saturated rings. The van der Waals surface area contributed by atoms with E-state index in [1.165, 1.54) is 4.90 Å². The van der Waals surface area contributed by atoms with Crippen LogP contribution in [-0.4, -0.2) is 34.8 Å². The van der Waals surface area contributed by atoms with E-state index < -0.39 is 12.1 Å². The maximum absolute atomic E-state index is 12.2. The molecule has 0 unspecified atom stereocenters. The Morgan fingerprint density at radius 3 is 2.52 bits per heavy atom. The van der Waals surface area contributed by atoms with E-state index in [2.05, 4.69) is 4.98 Å². The minimum atomic E-state index is -0.477. The van der Waals surface area contributed by atoms with Gasteiger partial charge in [0.05, 0.1) is 31.1 Å². The molecular weight excluding hydrogens is 298 g/mol. The van der Waals surface area contributed by atoms with Crippen molar-refractivity contribution in [3.05, 3.63) is 42.0 Å². The summed E-state index contributed by atoms with van der Waals surface area (Å²) in [7, 11) is 0. The molecule has 7 heteroatoms. The minimum Gasteiger partial charge on any atom is -0.461 e. The van der Waals surface area contributed by atoms with Crippen molar-refractivity contribution in [3.8, 4) is 5.69 Å². The molecule has 23 heavy (non-hydrogen) atoms. The Kier molecular flexibility index (Phi) is 4.01. The number of para-hydroxylation sites is 2. The number of hydrogen-bond acceptors (Lipinski definition) is 5. The highest BCUT2D eigenvalue weighted by molar-refractivity contribution is 5.92. The molecule has 1 aliphatic rings. The van der Waals surface area contributed by atoms with Crippen molar-refractivity contribution < 1.29 is 19.1 Å². The minimum absolute atomic E-state index is 0.224. The molecule has 0 aliphatic carbocycles. The highest BCUT2D eigenvalue weighted by Gasteiger charge is 2.29. The number of carbonyl (C=O) groups is 2. The van der Waals surface area contributed by atoms with Crippen LogP contribution < -0.4 is 4.90 Å². The van der Waals surface area contributed by atoms with Crippen LogP contribution in [0.2, 0.25) is 0 Å². The fraction of sp³-hybridized carbons (Fsp3) is 0.312. The number of fused-ring (bicyclic) bond motifs is 3. The highest BCUT2D eigenvalue weighted by Crippen LogP contribution is 2.32. The zero-order valence-electron chi connectivity index (χ0n) is 13.0. The molecule has 7 nitrogen and oxygen atoms in total. The largest absolute Gasteiger partial charge is 0.461 e. The molecule has 1 amide bonds. The van der Waals surface area contributed by atoms with Crippen LogP contribution in [0.3, 0.4) is 0 Å². The maximum Gasteiger partial charge on any atom is 0.414 e. The van der Waals surface area contributed by atoms with Gasteiger partial charge in [-0.05, 0) is 26.0 Å². The molecule has 0 saturated carbocycles. The van der Waals surface area contributed by atoms with Gasteiger partial charge in [0, 0.05) is 6.20 Å². The van der Waals surface area contributed by atoms with Crippen LogP contribution in [0.25, 0.3) is 5.69 Å². The summed E-state index contributed by atoms with van der Waals surface area (Å²) in [5.41, 5.74) is 1.71. The van der Waals surface area contributed by atoms with Gasteiger partial charge >= 0.3 is 12.1 Å². The topological polar surface area (TPSA) is 73.7 Å². The van der Waals surface area contributed by atoms with Crippen LogP contribution in [0.1, 0.15) is 30.2 Å². The molecule has 1 aliphatic heterocycles. The average molecular weight is 315 g/mol. The number of ether oxygens (including phenoxy) is 2. The second-order valence-corrected chi connectivity index (χ2v) is 4.91. The highest BCUT2D eigenvalue weighted by atomic mass is 16.6. The van der Waals surface area contributed by atoms with Crippen molar-refractivity contribution in [2.45, 2.75) is 20.4 Å². The standard InChI is InChI=1S/C16H17N3O4/c1-3-22-15(20)11-9-18-12-7-5-6-8-13(12)19(10-14(18)17-11)16(21)23-4-2/h5-9H,3-4,10H2,1-2H3. The zero-order valence-corrected chi connectivity index (χ0v) is 13.0. The predicted octanol–water partition coefficient (Wildman–Crippen LogP) is 2.53. The van der Waals surface area contributed by atoms with Crippen LogP contribution in [0.5, 0.6) is 0 Å². The summed E-state index contributed by atoms with van der Waals surface area (Å²) in [6.45, 7) is 4.31. The first-order valence-corrected chi connectivity index (χ1v) is 7.44. The molecule has 0 saturated heterocycles. The first-order valence-electron chi connectivity index (χ1n) is 7.44. The van der Waals surface area contributed by atoms with E-state index in [1.807, 2.05) is 24.3 Å². The Bertz CT molecular complexity index is 754. The predicted molar refractivity (Wildman–Crippen MR) is 82.7 cm³/mol. The van der Waals surface area contributed by atoms with Gasteiger partial charge in [0.15, 0.2) is 5.69 Å². The summed E-state index contributed by atoms with van der Waals surface area (Å²) >= 11 is 0. The number of imidazole rings is 1. The van der Waals surface area contributed by atoms with Gasteiger partial charge in [0.1, 0.15) is 5.82 Å².